The Hall–Kier alpha value is -2.54. The fraction of sp³-hybridized carbons (Fsp3) is 0.143. The molecule has 2 rings (SSSR count). The summed E-state index contributed by atoms with van der Waals surface area (Å²) in [5.74, 6) is 1.47. The van der Waals surface area contributed by atoms with Crippen molar-refractivity contribution >= 4 is 11.5 Å². The molecule has 0 aliphatic heterocycles. The summed E-state index contributed by atoms with van der Waals surface area (Å²) in [6.07, 6.45) is 1.65. The number of pyridine rings is 1. The summed E-state index contributed by atoms with van der Waals surface area (Å²) in [5, 5.41) is 9.08. The fourth-order valence-corrected chi connectivity index (χ4v) is 1.68. The number of rotatable bonds is 3. The molecule has 0 N–H and O–H groups in total. The summed E-state index contributed by atoms with van der Waals surface area (Å²) in [4.78, 5) is 6.17. The molecule has 1 aromatic carbocycles. The molecule has 0 spiro atoms. The molecular weight excluding hydrogens is 226 g/mol. The van der Waals surface area contributed by atoms with Crippen molar-refractivity contribution in [3.8, 4) is 11.8 Å². The SMILES string of the molecule is COc1ccc(N(C)c2ccccc2C#N)nc1. The van der Waals surface area contributed by atoms with Crippen molar-refractivity contribution in [1.29, 1.82) is 5.26 Å². The van der Waals surface area contributed by atoms with Crippen molar-refractivity contribution in [1.82, 2.24) is 4.98 Å². The summed E-state index contributed by atoms with van der Waals surface area (Å²) in [6.45, 7) is 0. The third-order valence-corrected chi connectivity index (χ3v) is 2.69. The lowest BCUT2D eigenvalue weighted by atomic mass is 10.2. The van der Waals surface area contributed by atoms with Crippen LogP contribution in [0.4, 0.5) is 11.5 Å². The van der Waals surface area contributed by atoms with Crippen molar-refractivity contribution in [3.05, 3.63) is 48.2 Å². The van der Waals surface area contributed by atoms with Gasteiger partial charge in [-0.15, -0.1) is 0 Å². The van der Waals surface area contributed by atoms with E-state index in [9.17, 15) is 0 Å². The Morgan fingerprint density at radius 1 is 1.22 bits per heavy atom. The second-order valence-corrected chi connectivity index (χ2v) is 3.74. The highest BCUT2D eigenvalue weighted by molar-refractivity contribution is 5.66. The van der Waals surface area contributed by atoms with Crippen molar-refractivity contribution in [3.63, 3.8) is 0 Å². The third kappa shape index (κ3) is 2.25. The number of hydrogen-bond acceptors (Lipinski definition) is 4. The summed E-state index contributed by atoms with van der Waals surface area (Å²) < 4.78 is 5.07. The molecule has 0 atom stereocenters. The zero-order chi connectivity index (χ0) is 13.0. The van der Waals surface area contributed by atoms with E-state index in [1.165, 1.54) is 0 Å². The monoisotopic (exact) mass is 239 g/mol. The number of methoxy groups -OCH3 is 1. The summed E-state index contributed by atoms with van der Waals surface area (Å²) >= 11 is 0. The Balaban J connectivity index is 2.35. The van der Waals surface area contributed by atoms with Crippen LogP contribution < -0.4 is 9.64 Å². The molecule has 0 aliphatic carbocycles. The molecule has 2 aromatic rings. The molecule has 4 nitrogen and oxygen atoms in total. The van der Waals surface area contributed by atoms with Gasteiger partial charge in [0.15, 0.2) is 0 Å². The lowest BCUT2D eigenvalue weighted by molar-refractivity contribution is 0.413. The van der Waals surface area contributed by atoms with Crippen LogP contribution in [0, 0.1) is 11.3 Å². The predicted molar refractivity (Wildman–Crippen MR) is 70.0 cm³/mol. The average molecular weight is 239 g/mol. The first kappa shape index (κ1) is 11.9. The van der Waals surface area contributed by atoms with Crippen LogP contribution in [0.15, 0.2) is 42.6 Å². The number of benzene rings is 1. The second kappa shape index (κ2) is 5.19. The first-order valence-corrected chi connectivity index (χ1v) is 5.49. The Kier molecular flexibility index (Phi) is 3.44. The van der Waals surface area contributed by atoms with Crippen LogP contribution in [0.2, 0.25) is 0 Å². The van der Waals surface area contributed by atoms with Crippen LogP contribution in [-0.2, 0) is 0 Å². The Morgan fingerprint density at radius 2 is 2.00 bits per heavy atom. The van der Waals surface area contributed by atoms with Crippen LogP contribution in [-0.4, -0.2) is 19.1 Å². The fourth-order valence-electron chi connectivity index (χ4n) is 1.68. The van der Waals surface area contributed by atoms with E-state index >= 15 is 0 Å². The van der Waals surface area contributed by atoms with Crippen LogP contribution in [0.5, 0.6) is 5.75 Å². The number of aromatic nitrogens is 1. The van der Waals surface area contributed by atoms with Gasteiger partial charge in [-0.25, -0.2) is 4.98 Å². The van der Waals surface area contributed by atoms with Crippen LogP contribution in [0.1, 0.15) is 5.56 Å². The maximum Gasteiger partial charge on any atom is 0.137 e. The van der Waals surface area contributed by atoms with Gasteiger partial charge >= 0.3 is 0 Å². The number of anilines is 2. The molecule has 0 saturated carbocycles. The number of para-hydroxylation sites is 1. The molecule has 0 radical (unpaired) electrons. The zero-order valence-electron chi connectivity index (χ0n) is 10.3. The van der Waals surface area contributed by atoms with E-state index in [0.717, 1.165) is 11.5 Å². The van der Waals surface area contributed by atoms with Gasteiger partial charge in [0.1, 0.15) is 17.6 Å². The van der Waals surface area contributed by atoms with Crippen molar-refractivity contribution < 1.29 is 4.74 Å². The van der Waals surface area contributed by atoms with Gasteiger partial charge < -0.3 is 9.64 Å². The summed E-state index contributed by atoms with van der Waals surface area (Å²) in [7, 11) is 3.48. The predicted octanol–water partition coefficient (Wildman–Crippen LogP) is 2.73. The molecule has 0 bridgehead atoms. The first-order chi connectivity index (χ1) is 8.76. The van der Waals surface area contributed by atoms with E-state index < -0.39 is 0 Å². The van der Waals surface area contributed by atoms with Crippen LogP contribution >= 0.6 is 0 Å². The van der Waals surface area contributed by atoms with Crippen LogP contribution in [0.3, 0.4) is 0 Å². The smallest absolute Gasteiger partial charge is 0.137 e. The van der Waals surface area contributed by atoms with Crippen molar-refractivity contribution in [2.45, 2.75) is 0 Å². The van der Waals surface area contributed by atoms with Gasteiger partial charge in [-0.3, -0.25) is 0 Å². The van der Waals surface area contributed by atoms with Crippen molar-refractivity contribution in [2.24, 2.45) is 0 Å². The maximum absolute atomic E-state index is 9.08. The molecule has 18 heavy (non-hydrogen) atoms. The Bertz CT molecular complexity index is 572. The minimum absolute atomic E-state index is 0.623. The average Bonchev–Trinajstić information content (AvgIpc) is 2.46. The zero-order valence-corrected chi connectivity index (χ0v) is 10.3. The second-order valence-electron chi connectivity index (χ2n) is 3.74. The molecule has 90 valence electrons. The van der Waals surface area contributed by atoms with Gasteiger partial charge in [0.2, 0.25) is 0 Å². The van der Waals surface area contributed by atoms with E-state index in [-0.39, 0.29) is 0 Å². The molecule has 1 aromatic heterocycles. The lowest BCUT2D eigenvalue weighted by Crippen LogP contribution is -2.12. The molecule has 0 fully saturated rings. The quantitative estimate of drug-likeness (QED) is 0.826. The third-order valence-electron chi connectivity index (χ3n) is 2.69. The van der Waals surface area contributed by atoms with Gasteiger partial charge in [0, 0.05) is 7.05 Å². The number of hydrogen-bond donors (Lipinski definition) is 0. The van der Waals surface area contributed by atoms with Gasteiger partial charge in [-0.2, -0.15) is 5.26 Å². The highest BCUT2D eigenvalue weighted by Crippen LogP contribution is 2.25. The molecule has 0 unspecified atom stereocenters. The molecule has 4 heteroatoms. The van der Waals surface area contributed by atoms with E-state index in [4.69, 9.17) is 10.00 Å². The Labute approximate surface area is 106 Å². The summed E-state index contributed by atoms with van der Waals surface area (Å²) in [6, 6.07) is 13.3. The van der Waals surface area contributed by atoms with E-state index in [2.05, 4.69) is 11.1 Å². The highest BCUT2D eigenvalue weighted by atomic mass is 16.5. The van der Waals surface area contributed by atoms with E-state index in [1.807, 2.05) is 42.3 Å². The topological polar surface area (TPSA) is 49.1 Å². The van der Waals surface area contributed by atoms with E-state index in [1.54, 1.807) is 19.4 Å². The largest absolute Gasteiger partial charge is 0.495 e. The number of nitrogens with zero attached hydrogens (tertiary/aromatic N) is 3. The lowest BCUT2D eigenvalue weighted by Gasteiger charge is -2.19. The molecule has 0 aliphatic rings. The van der Waals surface area contributed by atoms with Crippen molar-refractivity contribution in [2.75, 3.05) is 19.1 Å². The molecule has 0 saturated heterocycles. The minimum atomic E-state index is 0.623. The number of nitriles is 1. The van der Waals surface area contributed by atoms with Gasteiger partial charge in [-0.1, -0.05) is 12.1 Å². The van der Waals surface area contributed by atoms with E-state index in [0.29, 0.717) is 11.3 Å². The standard InChI is InChI=1S/C14H13N3O/c1-17(13-6-4-3-5-11(13)9-15)14-8-7-12(18-2)10-16-14/h3-8,10H,1-2H3. The summed E-state index contributed by atoms with van der Waals surface area (Å²) in [5.41, 5.74) is 1.45. The van der Waals surface area contributed by atoms with Gasteiger partial charge in [0.25, 0.3) is 0 Å². The Morgan fingerprint density at radius 3 is 2.61 bits per heavy atom. The van der Waals surface area contributed by atoms with Gasteiger partial charge in [0.05, 0.1) is 24.6 Å². The first-order valence-electron chi connectivity index (χ1n) is 5.49. The van der Waals surface area contributed by atoms with Crippen LogP contribution in [0.25, 0.3) is 0 Å². The molecular formula is C14H13N3O. The van der Waals surface area contributed by atoms with Gasteiger partial charge in [-0.05, 0) is 24.3 Å². The maximum atomic E-state index is 9.08. The number of ether oxygens (including phenoxy) is 1. The molecule has 0 amide bonds. The normalized spacial score (nSPS) is 9.61. The minimum Gasteiger partial charge on any atom is -0.495 e. The highest BCUT2D eigenvalue weighted by Gasteiger charge is 2.09. The molecule has 1 heterocycles.